The normalized spacial score (nSPS) is 40.8. The maximum Gasteiger partial charge on any atom is 0.0121 e. The van der Waals surface area contributed by atoms with Crippen molar-refractivity contribution < 1.29 is 0 Å². The van der Waals surface area contributed by atoms with Crippen molar-refractivity contribution in [1.82, 2.24) is 10.2 Å². The number of rotatable bonds is 1. The lowest BCUT2D eigenvalue weighted by atomic mass is 9.92. The van der Waals surface area contributed by atoms with E-state index in [1.807, 2.05) is 0 Å². The summed E-state index contributed by atoms with van der Waals surface area (Å²) in [6, 6.07) is 0.857. The summed E-state index contributed by atoms with van der Waals surface area (Å²) in [7, 11) is 0. The Bertz CT molecular complexity index is 229. The van der Waals surface area contributed by atoms with E-state index in [9.17, 15) is 0 Å². The molecule has 1 saturated carbocycles. The van der Waals surface area contributed by atoms with Gasteiger partial charge in [-0.3, -0.25) is 4.90 Å². The second kappa shape index (κ2) is 6.91. The lowest BCUT2D eigenvalue weighted by molar-refractivity contribution is 0.0947. The van der Waals surface area contributed by atoms with E-state index in [2.05, 4.69) is 31.0 Å². The smallest absolute Gasteiger partial charge is 0.0121 e. The minimum absolute atomic E-state index is 0.799. The van der Waals surface area contributed by atoms with Gasteiger partial charge >= 0.3 is 0 Å². The summed E-state index contributed by atoms with van der Waals surface area (Å²) in [6.07, 6.45) is 7.25. The first kappa shape index (κ1) is 14.3. The number of nitrogens with zero attached hydrogens (tertiary/aromatic N) is 1. The molecule has 18 heavy (non-hydrogen) atoms. The molecular formula is C16H32N2. The molecule has 106 valence electrons. The maximum atomic E-state index is 3.61. The van der Waals surface area contributed by atoms with Gasteiger partial charge in [0.1, 0.15) is 0 Å². The highest BCUT2D eigenvalue weighted by Gasteiger charge is 2.28. The zero-order chi connectivity index (χ0) is 13.0. The fourth-order valence-electron chi connectivity index (χ4n) is 3.87. The summed E-state index contributed by atoms with van der Waals surface area (Å²) >= 11 is 0. The first-order valence-electron chi connectivity index (χ1n) is 8.11. The van der Waals surface area contributed by atoms with Crippen LogP contribution in [-0.4, -0.2) is 37.1 Å². The Kier molecular flexibility index (Phi) is 5.50. The topological polar surface area (TPSA) is 15.3 Å². The Morgan fingerprint density at radius 2 is 1.44 bits per heavy atom. The molecule has 2 fully saturated rings. The van der Waals surface area contributed by atoms with Crippen LogP contribution in [0.1, 0.15) is 52.9 Å². The van der Waals surface area contributed by atoms with E-state index in [0.717, 1.165) is 23.8 Å². The number of hydrogen-bond acceptors (Lipinski definition) is 2. The molecule has 0 bridgehead atoms. The summed E-state index contributed by atoms with van der Waals surface area (Å²) < 4.78 is 0. The predicted octanol–water partition coefficient (Wildman–Crippen LogP) is 3.13. The molecule has 0 aromatic rings. The van der Waals surface area contributed by atoms with Crippen LogP contribution >= 0.6 is 0 Å². The van der Waals surface area contributed by atoms with E-state index in [-0.39, 0.29) is 0 Å². The molecule has 4 unspecified atom stereocenters. The van der Waals surface area contributed by atoms with Crippen LogP contribution in [0.5, 0.6) is 0 Å². The number of nitrogens with one attached hydrogen (secondary N) is 1. The Hall–Kier alpha value is -0.0800. The molecule has 1 saturated heterocycles. The summed E-state index contributed by atoms with van der Waals surface area (Å²) in [5.41, 5.74) is 0. The molecule has 1 aliphatic carbocycles. The standard InChI is InChI=1S/C16H32N2/c1-13-9-17-10-14(2)12-18(11-13)16-8-6-4-5-7-15(16)3/h13-17H,4-12H2,1-3H3. The summed E-state index contributed by atoms with van der Waals surface area (Å²) in [5.74, 6) is 2.50. The molecule has 0 amide bonds. The second-order valence-electron chi connectivity index (χ2n) is 7.01. The quantitative estimate of drug-likeness (QED) is 0.721. The van der Waals surface area contributed by atoms with E-state index >= 15 is 0 Å². The Labute approximate surface area is 114 Å². The van der Waals surface area contributed by atoms with Crippen molar-refractivity contribution in [2.24, 2.45) is 17.8 Å². The van der Waals surface area contributed by atoms with Gasteiger partial charge in [-0.2, -0.15) is 0 Å². The van der Waals surface area contributed by atoms with Gasteiger partial charge in [-0.1, -0.05) is 40.0 Å². The van der Waals surface area contributed by atoms with Crippen molar-refractivity contribution in [2.45, 2.75) is 58.9 Å². The molecule has 1 heterocycles. The van der Waals surface area contributed by atoms with Crippen LogP contribution in [0.25, 0.3) is 0 Å². The van der Waals surface area contributed by atoms with Gasteiger partial charge in [-0.15, -0.1) is 0 Å². The molecule has 2 heteroatoms. The average Bonchev–Trinajstić information content (AvgIpc) is 2.51. The lowest BCUT2D eigenvalue weighted by Crippen LogP contribution is -2.48. The molecule has 4 atom stereocenters. The van der Waals surface area contributed by atoms with E-state index < -0.39 is 0 Å². The van der Waals surface area contributed by atoms with Gasteiger partial charge in [-0.25, -0.2) is 0 Å². The van der Waals surface area contributed by atoms with Crippen LogP contribution in [0.4, 0.5) is 0 Å². The second-order valence-corrected chi connectivity index (χ2v) is 7.01. The molecular weight excluding hydrogens is 220 g/mol. The van der Waals surface area contributed by atoms with Crippen LogP contribution in [0.3, 0.4) is 0 Å². The maximum absolute atomic E-state index is 3.61. The first-order valence-corrected chi connectivity index (χ1v) is 8.11. The molecule has 2 rings (SSSR count). The highest BCUT2D eigenvalue weighted by Crippen LogP contribution is 2.28. The zero-order valence-electron chi connectivity index (χ0n) is 12.6. The minimum atomic E-state index is 0.799. The Morgan fingerprint density at radius 3 is 2.11 bits per heavy atom. The van der Waals surface area contributed by atoms with Crippen molar-refractivity contribution in [3.05, 3.63) is 0 Å². The van der Waals surface area contributed by atoms with Gasteiger partial charge in [0, 0.05) is 19.1 Å². The van der Waals surface area contributed by atoms with Crippen molar-refractivity contribution in [3.8, 4) is 0 Å². The molecule has 0 aromatic heterocycles. The molecule has 2 nitrogen and oxygen atoms in total. The van der Waals surface area contributed by atoms with Gasteiger partial charge in [-0.05, 0) is 43.7 Å². The third-order valence-electron chi connectivity index (χ3n) is 4.86. The van der Waals surface area contributed by atoms with Crippen molar-refractivity contribution in [3.63, 3.8) is 0 Å². The van der Waals surface area contributed by atoms with E-state index in [1.54, 1.807) is 0 Å². The van der Waals surface area contributed by atoms with Gasteiger partial charge in [0.05, 0.1) is 0 Å². The highest BCUT2D eigenvalue weighted by atomic mass is 15.2. The third-order valence-corrected chi connectivity index (χ3v) is 4.86. The molecule has 1 aliphatic heterocycles. The van der Waals surface area contributed by atoms with Gasteiger partial charge in [0.25, 0.3) is 0 Å². The van der Waals surface area contributed by atoms with Crippen molar-refractivity contribution in [2.75, 3.05) is 26.2 Å². The largest absolute Gasteiger partial charge is 0.316 e. The van der Waals surface area contributed by atoms with Crippen molar-refractivity contribution in [1.29, 1.82) is 0 Å². The van der Waals surface area contributed by atoms with Crippen LogP contribution in [0.15, 0.2) is 0 Å². The fraction of sp³-hybridized carbons (Fsp3) is 1.00. The van der Waals surface area contributed by atoms with Crippen LogP contribution < -0.4 is 5.32 Å². The molecule has 1 N–H and O–H groups in total. The van der Waals surface area contributed by atoms with Gasteiger partial charge < -0.3 is 5.32 Å². The molecule has 0 aromatic carbocycles. The summed E-state index contributed by atoms with van der Waals surface area (Å²) in [6.45, 7) is 12.3. The van der Waals surface area contributed by atoms with Crippen LogP contribution in [-0.2, 0) is 0 Å². The zero-order valence-corrected chi connectivity index (χ0v) is 12.6. The highest BCUT2D eigenvalue weighted by molar-refractivity contribution is 4.83. The molecule has 0 radical (unpaired) electrons. The van der Waals surface area contributed by atoms with Gasteiger partial charge in [0.15, 0.2) is 0 Å². The summed E-state index contributed by atoms with van der Waals surface area (Å²) in [4.78, 5) is 2.84. The van der Waals surface area contributed by atoms with E-state index in [0.29, 0.717) is 0 Å². The van der Waals surface area contributed by atoms with Crippen molar-refractivity contribution >= 4 is 0 Å². The predicted molar refractivity (Wildman–Crippen MR) is 78.8 cm³/mol. The number of hydrogen-bond donors (Lipinski definition) is 1. The molecule has 0 spiro atoms. The molecule has 2 aliphatic rings. The van der Waals surface area contributed by atoms with E-state index in [1.165, 1.54) is 58.3 Å². The van der Waals surface area contributed by atoms with Gasteiger partial charge in [0.2, 0.25) is 0 Å². The average molecular weight is 252 g/mol. The fourth-order valence-corrected chi connectivity index (χ4v) is 3.87. The third kappa shape index (κ3) is 3.96. The summed E-state index contributed by atoms with van der Waals surface area (Å²) in [5, 5.41) is 3.61. The Balaban J connectivity index is 2.01. The van der Waals surface area contributed by atoms with Crippen LogP contribution in [0.2, 0.25) is 0 Å². The first-order chi connectivity index (χ1) is 8.66. The minimum Gasteiger partial charge on any atom is -0.316 e. The SMILES string of the molecule is CC1CNCC(C)CN(C2CCCCCC2C)C1. The Morgan fingerprint density at radius 1 is 0.833 bits per heavy atom. The van der Waals surface area contributed by atoms with Crippen LogP contribution in [0, 0.1) is 17.8 Å². The monoisotopic (exact) mass is 252 g/mol. The van der Waals surface area contributed by atoms with E-state index in [4.69, 9.17) is 0 Å². The lowest BCUT2D eigenvalue weighted by Gasteiger charge is -2.39.